The number of likely N-dealkylation sites (tertiary alicyclic amines) is 1. The number of nitrogens with two attached hydrogens (primary N) is 1. The summed E-state index contributed by atoms with van der Waals surface area (Å²) in [5.74, 6) is 0. The van der Waals surface area contributed by atoms with E-state index in [1.54, 1.807) is 0 Å². The van der Waals surface area contributed by atoms with E-state index in [9.17, 15) is 0 Å². The van der Waals surface area contributed by atoms with Crippen LogP contribution in [0.15, 0.2) is 36.4 Å². The van der Waals surface area contributed by atoms with E-state index in [2.05, 4.69) is 75.9 Å². The first-order valence-corrected chi connectivity index (χ1v) is 11.0. The number of rotatable bonds is 5. The van der Waals surface area contributed by atoms with Gasteiger partial charge in [0.05, 0.1) is 13.2 Å². The van der Waals surface area contributed by atoms with E-state index in [4.69, 9.17) is 10.5 Å². The van der Waals surface area contributed by atoms with Gasteiger partial charge in [-0.3, -0.25) is 4.90 Å². The third-order valence-corrected chi connectivity index (χ3v) is 8.21. The SMILES string of the molecule is Cc1cccc(C)c1COCCN1CC[C@@]2(C)c3cccc(N)c3C[C@@H]1C2(C)C.Cl.Cl. The quantitative estimate of drug-likeness (QED) is 0.444. The van der Waals surface area contributed by atoms with Crippen molar-refractivity contribution in [2.45, 2.75) is 65.5 Å². The molecule has 0 spiro atoms. The van der Waals surface area contributed by atoms with Crippen LogP contribution in [0.2, 0.25) is 0 Å². The minimum Gasteiger partial charge on any atom is -0.398 e. The lowest BCUT2D eigenvalue weighted by Gasteiger charge is -2.61. The summed E-state index contributed by atoms with van der Waals surface area (Å²) in [6, 6.07) is 13.5. The highest BCUT2D eigenvalue weighted by atomic mass is 35.5. The molecule has 0 aromatic heterocycles. The Bertz CT molecular complexity index is 894. The third-order valence-electron chi connectivity index (χ3n) is 8.21. The molecule has 172 valence electrons. The molecule has 31 heavy (non-hydrogen) atoms. The number of hydrogen-bond acceptors (Lipinski definition) is 3. The largest absolute Gasteiger partial charge is 0.398 e. The molecular weight excluding hydrogens is 427 g/mol. The summed E-state index contributed by atoms with van der Waals surface area (Å²) < 4.78 is 6.14. The summed E-state index contributed by atoms with van der Waals surface area (Å²) in [5.41, 5.74) is 14.6. The number of hydrogen-bond donors (Lipinski definition) is 1. The second-order valence-corrected chi connectivity index (χ2v) is 9.86. The molecule has 1 aliphatic heterocycles. The zero-order chi connectivity index (χ0) is 20.8. The summed E-state index contributed by atoms with van der Waals surface area (Å²) in [6.45, 7) is 15.3. The highest BCUT2D eigenvalue weighted by molar-refractivity contribution is 5.85. The van der Waals surface area contributed by atoms with Gasteiger partial charge in [0, 0.05) is 23.7 Å². The topological polar surface area (TPSA) is 38.5 Å². The smallest absolute Gasteiger partial charge is 0.0722 e. The zero-order valence-electron chi connectivity index (χ0n) is 19.5. The Kier molecular flexibility index (Phi) is 8.14. The Morgan fingerprint density at radius 2 is 1.68 bits per heavy atom. The van der Waals surface area contributed by atoms with Crippen molar-refractivity contribution in [1.29, 1.82) is 0 Å². The molecule has 2 N–H and O–H groups in total. The van der Waals surface area contributed by atoms with Crippen molar-refractivity contribution in [3.63, 3.8) is 0 Å². The second kappa shape index (κ2) is 9.70. The Hall–Kier alpha value is -1.26. The molecule has 2 aliphatic rings. The van der Waals surface area contributed by atoms with E-state index in [1.807, 2.05) is 0 Å². The summed E-state index contributed by atoms with van der Waals surface area (Å²) in [5, 5.41) is 0. The van der Waals surface area contributed by atoms with Gasteiger partial charge < -0.3 is 10.5 Å². The van der Waals surface area contributed by atoms with Crippen LogP contribution < -0.4 is 5.73 Å². The maximum absolute atomic E-state index is 6.41. The molecule has 1 fully saturated rings. The van der Waals surface area contributed by atoms with Gasteiger partial charge in [0.1, 0.15) is 0 Å². The number of piperidine rings is 1. The summed E-state index contributed by atoms with van der Waals surface area (Å²) >= 11 is 0. The molecule has 3 nitrogen and oxygen atoms in total. The molecule has 2 bridgehead atoms. The molecule has 2 atom stereocenters. The minimum atomic E-state index is 0. The van der Waals surface area contributed by atoms with E-state index in [0.717, 1.165) is 31.8 Å². The molecule has 2 aromatic rings. The van der Waals surface area contributed by atoms with E-state index in [-0.39, 0.29) is 35.6 Å². The number of fused-ring (bicyclic) bond motifs is 4. The lowest BCUT2D eigenvalue weighted by molar-refractivity contribution is -0.0491. The van der Waals surface area contributed by atoms with Crippen LogP contribution in [-0.2, 0) is 23.2 Å². The first kappa shape index (κ1) is 26.0. The molecule has 0 amide bonds. The molecule has 0 saturated carbocycles. The van der Waals surface area contributed by atoms with Gasteiger partial charge in [-0.1, -0.05) is 51.1 Å². The van der Waals surface area contributed by atoms with Gasteiger partial charge >= 0.3 is 0 Å². The Labute approximate surface area is 200 Å². The van der Waals surface area contributed by atoms with Crippen LogP contribution in [0.3, 0.4) is 0 Å². The number of aryl methyl sites for hydroxylation is 2. The zero-order valence-corrected chi connectivity index (χ0v) is 21.2. The van der Waals surface area contributed by atoms with E-state index >= 15 is 0 Å². The van der Waals surface area contributed by atoms with Gasteiger partial charge in [0.25, 0.3) is 0 Å². The first-order chi connectivity index (χ1) is 13.8. The number of benzene rings is 2. The van der Waals surface area contributed by atoms with Crippen molar-refractivity contribution in [3.8, 4) is 0 Å². The molecule has 2 aromatic carbocycles. The number of nitrogens with zero attached hydrogens (tertiary/aromatic N) is 1. The predicted octanol–water partition coefficient (Wildman–Crippen LogP) is 5.86. The van der Waals surface area contributed by atoms with E-state index in [1.165, 1.54) is 34.2 Å². The molecule has 4 rings (SSSR count). The molecule has 1 saturated heterocycles. The van der Waals surface area contributed by atoms with Crippen LogP contribution in [0.4, 0.5) is 5.69 Å². The Morgan fingerprint density at radius 3 is 2.35 bits per heavy atom. The van der Waals surface area contributed by atoms with Gasteiger partial charge in [-0.05, 0) is 72.5 Å². The van der Waals surface area contributed by atoms with Crippen LogP contribution in [0.5, 0.6) is 0 Å². The Balaban J connectivity index is 0.00000171. The number of nitrogen functional groups attached to an aromatic ring is 1. The lowest BCUT2D eigenvalue weighted by Crippen LogP contribution is -2.64. The highest BCUT2D eigenvalue weighted by Gasteiger charge is 2.55. The van der Waals surface area contributed by atoms with Crippen LogP contribution >= 0.6 is 24.8 Å². The van der Waals surface area contributed by atoms with Crippen LogP contribution in [-0.4, -0.2) is 30.6 Å². The van der Waals surface area contributed by atoms with Crippen molar-refractivity contribution in [2.75, 3.05) is 25.4 Å². The van der Waals surface area contributed by atoms with Crippen molar-refractivity contribution in [1.82, 2.24) is 4.90 Å². The van der Waals surface area contributed by atoms with Gasteiger partial charge in [-0.25, -0.2) is 0 Å². The maximum atomic E-state index is 6.41. The lowest BCUT2D eigenvalue weighted by atomic mass is 9.51. The number of anilines is 1. The fraction of sp³-hybridized carbons (Fsp3) is 0.538. The summed E-state index contributed by atoms with van der Waals surface area (Å²) in [6.07, 6.45) is 2.21. The summed E-state index contributed by atoms with van der Waals surface area (Å²) in [4.78, 5) is 2.65. The maximum Gasteiger partial charge on any atom is 0.0722 e. The van der Waals surface area contributed by atoms with E-state index in [0.29, 0.717) is 12.6 Å². The number of ether oxygens (including phenoxy) is 1. The van der Waals surface area contributed by atoms with Crippen LogP contribution in [0.25, 0.3) is 0 Å². The second-order valence-electron chi connectivity index (χ2n) is 9.86. The highest BCUT2D eigenvalue weighted by Crippen LogP contribution is 2.56. The molecular formula is C26H38Cl2N2O. The fourth-order valence-electron chi connectivity index (χ4n) is 5.78. The molecule has 1 aliphatic carbocycles. The van der Waals surface area contributed by atoms with Crippen LogP contribution in [0.1, 0.15) is 55.0 Å². The van der Waals surface area contributed by atoms with Gasteiger partial charge in [-0.2, -0.15) is 0 Å². The van der Waals surface area contributed by atoms with Crippen molar-refractivity contribution in [3.05, 3.63) is 64.2 Å². The first-order valence-electron chi connectivity index (χ1n) is 11.0. The van der Waals surface area contributed by atoms with Gasteiger partial charge in [0.15, 0.2) is 0 Å². The summed E-state index contributed by atoms with van der Waals surface area (Å²) in [7, 11) is 0. The Morgan fingerprint density at radius 1 is 1.03 bits per heavy atom. The van der Waals surface area contributed by atoms with Crippen molar-refractivity contribution in [2.24, 2.45) is 5.41 Å². The average Bonchev–Trinajstić information content (AvgIpc) is 2.66. The third kappa shape index (κ3) is 4.35. The molecule has 5 heteroatoms. The predicted molar refractivity (Wildman–Crippen MR) is 136 cm³/mol. The van der Waals surface area contributed by atoms with E-state index < -0.39 is 0 Å². The number of halogens is 2. The van der Waals surface area contributed by atoms with Gasteiger partial charge in [-0.15, -0.1) is 24.8 Å². The minimum absolute atomic E-state index is 0. The monoisotopic (exact) mass is 464 g/mol. The molecule has 0 radical (unpaired) electrons. The van der Waals surface area contributed by atoms with Gasteiger partial charge in [0.2, 0.25) is 0 Å². The van der Waals surface area contributed by atoms with Crippen LogP contribution in [0, 0.1) is 19.3 Å². The fourth-order valence-corrected chi connectivity index (χ4v) is 5.78. The standard InChI is InChI=1S/C26H36N2O.2ClH/c1-18-8-6-9-19(2)21(18)17-29-15-14-28-13-12-26(5)22-10-7-11-23(27)20(22)16-24(28)25(26,3)4;;/h6-11,24H,12-17,27H2,1-5H3;2*1H/t24-,26+;;/m1../s1. The normalized spacial score (nSPS) is 24.0. The average molecular weight is 466 g/mol. The van der Waals surface area contributed by atoms with Crippen molar-refractivity contribution < 1.29 is 4.74 Å². The molecule has 1 heterocycles. The van der Waals surface area contributed by atoms with Crippen molar-refractivity contribution >= 4 is 30.5 Å². The molecule has 0 unspecified atom stereocenters.